The lowest BCUT2D eigenvalue weighted by atomic mass is 9.62. The number of benzene rings is 13. The van der Waals surface area contributed by atoms with Crippen molar-refractivity contribution in [2.45, 2.75) is 154 Å². The molecule has 0 aromatic heterocycles. The summed E-state index contributed by atoms with van der Waals surface area (Å²) in [7, 11) is 0. The van der Waals surface area contributed by atoms with Gasteiger partial charge in [0.25, 0.3) is 0 Å². The molecule has 0 heteroatoms. The molecule has 4 fully saturated rings. The summed E-state index contributed by atoms with van der Waals surface area (Å²) in [6.07, 6.45) is 31.7. The summed E-state index contributed by atoms with van der Waals surface area (Å²) in [4.78, 5) is 0. The van der Waals surface area contributed by atoms with Gasteiger partial charge in [-0.3, -0.25) is 0 Å². The van der Waals surface area contributed by atoms with Gasteiger partial charge in [-0.2, -0.15) is 0 Å². The van der Waals surface area contributed by atoms with Crippen LogP contribution in [-0.4, -0.2) is 0 Å². The summed E-state index contributed by atoms with van der Waals surface area (Å²) >= 11 is 0. The average molecular weight is 1490 g/mol. The summed E-state index contributed by atoms with van der Waals surface area (Å²) in [5, 5.41) is 0. The van der Waals surface area contributed by atoms with E-state index in [1.54, 1.807) is 55.7 Å². The van der Waals surface area contributed by atoms with Gasteiger partial charge < -0.3 is 0 Å². The quantitative estimate of drug-likeness (QED) is 0.133. The minimum atomic E-state index is -0.385. The predicted octanol–water partition coefficient (Wildman–Crippen LogP) is 29.0. The van der Waals surface area contributed by atoms with Crippen molar-refractivity contribution in [1.82, 2.24) is 0 Å². The van der Waals surface area contributed by atoms with Crippen LogP contribution in [0.25, 0.3) is 66.8 Å². The Labute approximate surface area is 685 Å². The molecule has 0 nitrogen and oxygen atoms in total. The van der Waals surface area contributed by atoms with E-state index in [9.17, 15) is 0 Å². The molecule has 0 saturated heterocycles. The zero-order valence-corrected chi connectivity index (χ0v) is 66.4. The molecule has 0 bridgehead atoms. The van der Waals surface area contributed by atoms with Crippen LogP contribution in [0.2, 0.25) is 0 Å². The third kappa shape index (κ3) is 9.07. The predicted molar refractivity (Wildman–Crippen MR) is 476 cm³/mol. The number of fused-ring (bicyclic) bond motifs is 34. The molecule has 116 heavy (non-hydrogen) atoms. The molecule has 12 atom stereocenters. The van der Waals surface area contributed by atoms with E-state index in [2.05, 4.69) is 322 Å². The standard InChI is InChI=1S/C116H98/c1-2-23-72(24-3-1)112(73-49-45-70(46-50-73)77-53-58-92-89-31-10-19-42-106(89)114(109(92)67-77)100-36-13-4-25-83(100)84-26-5-14-37-101(84)114)95-64-63-80(81-34-22-35-82(81)95)71-47-51-74(52-48-71)113-96-61-56-75(78-54-59-93-90-32-11-20-43-107(90)115(110(93)68-78)102-38-15-6-27-85(102)86-28-7-16-39-103(86)115)65-98(96)99-66-76(57-62-97(99)113)79-55-60-94-91-33-12-21-44-108(91)116(111(94)69-79)104-40-17-8-29-87(104)88-30-9-18-41-105(88)116/h1-4,6-13,15-21,23-25,27-33,36,38-44,47,51,53-56,58-61,63-65,67-71,73-74,76,81-82,84,97,99,101,112-113H,5,14,22,26,34-35,37,45-46,48-50,52,57,62,66H2. The largest absolute Gasteiger partial charge is 0.0842 e. The van der Waals surface area contributed by atoms with Crippen molar-refractivity contribution in [2.24, 2.45) is 41.4 Å². The minimum Gasteiger partial charge on any atom is -0.0842 e. The van der Waals surface area contributed by atoms with Crippen LogP contribution in [0, 0.1) is 41.4 Å². The lowest BCUT2D eigenvalue weighted by Crippen LogP contribution is -2.35. The van der Waals surface area contributed by atoms with Gasteiger partial charge in [-0.05, 0) is 322 Å². The molecule has 13 aliphatic rings. The molecule has 0 N–H and O–H groups in total. The van der Waals surface area contributed by atoms with Gasteiger partial charge in [0, 0.05) is 11.3 Å². The molecule has 0 amide bonds. The molecule has 12 unspecified atom stereocenters. The normalized spacial score (nSPS) is 27.3. The Morgan fingerprint density at radius 3 is 1.39 bits per heavy atom. The first-order chi connectivity index (χ1) is 57.5. The highest BCUT2D eigenvalue weighted by Crippen LogP contribution is 2.71. The van der Waals surface area contributed by atoms with Crippen molar-refractivity contribution < 1.29 is 0 Å². The monoisotopic (exact) mass is 1490 g/mol. The highest BCUT2D eigenvalue weighted by Gasteiger charge is 2.60. The molecule has 26 rings (SSSR count). The van der Waals surface area contributed by atoms with Gasteiger partial charge in [0.1, 0.15) is 0 Å². The molecule has 13 aliphatic carbocycles. The van der Waals surface area contributed by atoms with E-state index in [4.69, 9.17) is 0 Å². The zero-order chi connectivity index (χ0) is 75.7. The molecule has 4 saturated carbocycles. The highest BCUT2D eigenvalue weighted by atomic mass is 14.6. The van der Waals surface area contributed by atoms with Gasteiger partial charge >= 0.3 is 0 Å². The van der Waals surface area contributed by atoms with Crippen molar-refractivity contribution in [2.75, 3.05) is 0 Å². The Hall–Kier alpha value is -10.9. The van der Waals surface area contributed by atoms with Crippen LogP contribution in [0.4, 0.5) is 0 Å². The van der Waals surface area contributed by atoms with Crippen molar-refractivity contribution in [3.05, 3.63) is 427 Å². The van der Waals surface area contributed by atoms with Crippen molar-refractivity contribution >= 4 is 0 Å². The number of hydrogen-bond donors (Lipinski definition) is 0. The van der Waals surface area contributed by atoms with Gasteiger partial charge in [0.05, 0.1) is 10.8 Å². The molecular formula is C116H98. The van der Waals surface area contributed by atoms with E-state index in [0.29, 0.717) is 76.9 Å². The van der Waals surface area contributed by atoms with E-state index in [-0.39, 0.29) is 16.2 Å². The third-order valence-electron chi connectivity index (χ3n) is 33.6. The summed E-state index contributed by atoms with van der Waals surface area (Å²) in [6, 6.07) is 119. The number of allylic oxidation sites excluding steroid dienone is 6. The fraction of sp³-hybridized carbons (Fsp3) is 0.276. The second-order valence-corrected chi connectivity index (χ2v) is 37.9. The van der Waals surface area contributed by atoms with E-state index in [1.807, 2.05) is 0 Å². The number of rotatable bonds is 8. The Morgan fingerprint density at radius 1 is 0.284 bits per heavy atom. The van der Waals surface area contributed by atoms with Gasteiger partial charge in [0.15, 0.2) is 0 Å². The fourth-order valence-corrected chi connectivity index (χ4v) is 29.3. The van der Waals surface area contributed by atoms with Gasteiger partial charge in [-0.1, -0.05) is 346 Å². The van der Waals surface area contributed by atoms with Crippen LogP contribution in [0.15, 0.2) is 333 Å². The second-order valence-electron chi connectivity index (χ2n) is 37.9. The van der Waals surface area contributed by atoms with Crippen LogP contribution in [0.3, 0.4) is 0 Å². The Morgan fingerprint density at radius 2 is 0.767 bits per heavy atom. The summed E-state index contributed by atoms with van der Waals surface area (Å²) < 4.78 is 0. The molecule has 0 radical (unpaired) electrons. The molecular weight excluding hydrogens is 1390 g/mol. The minimum absolute atomic E-state index is 0.0463. The SMILES string of the molecule is C1=CC(C2c3ccc(-c4ccc5c(c4)C4(c6ccccc6-c6ccccc64)c4ccccc4-5)cc3C3CC(c4ccc5c(c4)C4(c6ccccc6-c6ccccc64)c4ccccc4-5)CCC32)CCC1C1=CC=C(C(c2ccccc2)C2CCC(c3ccc4c(c3)C3(c5ccccc5-4)c4ccccc4C4CCCCC43)CC2)C2CCCC12. The molecule has 3 spiro atoms. The van der Waals surface area contributed by atoms with Crippen LogP contribution in [0.1, 0.15) is 233 Å². The molecule has 13 aromatic carbocycles. The zero-order valence-electron chi connectivity index (χ0n) is 66.4. The van der Waals surface area contributed by atoms with Gasteiger partial charge in [0.2, 0.25) is 0 Å². The summed E-state index contributed by atoms with van der Waals surface area (Å²) in [5.41, 5.74) is 45.3. The van der Waals surface area contributed by atoms with E-state index < -0.39 is 0 Å². The number of hydrogen-bond acceptors (Lipinski definition) is 0. The molecule has 562 valence electrons. The topological polar surface area (TPSA) is 0 Å². The van der Waals surface area contributed by atoms with Crippen molar-refractivity contribution in [1.29, 1.82) is 0 Å². The summed E-state index contributed by atoms with van der Waals surface area (Å²) in [6.45, 7) is 0. The first kappa shape index (κ1) is 67.3. The lowest BCUT2D eigenvalue weighted by Gasteiger charge is -2.42. The van der Waals surface area contributed by atoms with Crippen LogP contribution < -0.4 is 0 Å². The van der Waals surface area contributed by atoms with Crippen LogP contribution in [-0.2, 0) is 16.2 Å². The Balaban J connectivity index is 0.530. The second kappa shape index (κ2) is 25.5. The van der Waals surface area contributed by atoms with Crippen LogP contribution >= 0.6 is 0 Å². The maximum absolute atomic E-state index is 2.81. The lowest BCUT2D eigenvalue weighted by molar-refractivity contribution is 0.228. The maximum Gasteiger partial charge on any atom is 0.0725 e. The third-order valence-corrected chi connectivity index (χ3v) is 33.6. The first-order valence-corrected chi connectivity index (χ1v) is 45.0. The Bertz CT molecular complexity index is 6240. The van der Waals surface area contributed by atoms with E-state index >= 15 is 0 Å². The van der Waals surface area contributed by atoms with E-state index in [1.165, 1.54) is 220 Å². The van der Waals surface area contributed by atoms with E-state index in [0.717, 1.165) is 0 Å². The first-order valence-electron chi connectivity index (χ1n) is 45.0. The maximum atomic E-state index is 2.81. The average Bonchev–Trinajstić information content (AvgIpc) is 1.52. The van der Waals surface area contributed by atoms with Gasteiger partial charge in [-0.15, -0.1) is 0 Å². The molecule has 0 heterocycles. The van der Waals surface area contributed by atoms with Crippen molar-refractivity contribution in [3.63, 3.8) is 0 Å². The van der Waals surface area contributed by atoms with Crippen LogP contribution in [0.5, 0.6) is 0 Å². The van der Waals surface area contributed by atoms with Crippen molar-refractivity contribution in [3.8, 4) is 66.8 Å². The highest BCUT2D eigenvalue weighted by molar-refractivity contribution is 5.98. The fourth-order valence-electron chi connectivity index (χ4n) is 29.3. The molecule has 0 aliphatic heterocycles. The smallest absolute Gasteiger partial charge is 0.0725 e. The summed E-state index contributed by atoms with van der Waals surface area (Å²) in [5.74, 6) is 7.23. The molecule has 13 aromatic rings. The van der Waals surface area contributed by atoms with Gasteiger partial charge in [-0.25, -0.2) is 0 Å². The Kier molecular flexibility index (Phi) is 14.8.